The zero-order valence-electron chi connectivity index (χ0n) is 10.5. The Morgan fingerprint density at radius 3 is 2.69 bits per heavy atom. The lowest BCUT2D eigenvalue weighted by atomic mass is 10.1. The van der Waals surface area contributed by atoms with Gasteiger partial charge >= 0.3 is 5.97 Å². The third kappa shape index (κ3) is 4.49. The van der Waals surface area contributed by atoms with E-state index in [-0.39, 0.29) is 6.10 Å². The van der Waals surface area contributed by atoms with E-state index < -0.39 is 12.1 Å². The highest BCUT2D eigenvalue weighted by Crippen LogP contribution is 2.20. The summed E-state index contributed by atoms with van der Waals surface area (Å²) in [6, 6.07) is 0. The number of aliphatic carboxylic acids is 1. The van der Waals surface area contributed by atoms with Gasteiger partial charge in [0.05, 0.1) is 6.10 Å². The molecule has 16 heavy (non-hydrogen) atoms. The molecule has 1 heterocycles. The Balaban J connectivity index is 2.20. The predicted molar refractivity (Wildman–Crippen MR) is 62.5 cm³/mol. The molecule has 2 atom stereocenters. The first kappa shape index (κ1) is 13.5. The van der Waals surface area contributed by atoms with E-state index in [2.05, 4.69) is 25.8 Å². The van der Waals surface area contributed by atoms with Gasteiger partial charge in [0.2, 0.25) is 0 Å². The lowest BCUT2D eigenvalue weighted by Crippen LogP contribution is -2.31. The summed E-state index contributed by atoms with van der Waals surface area (Å²) in [5.74, 6) is -0.119. The third-order valence-corrected chi connectivity index (χ3v) is 2.99. The van der Waals surface area contributed by atoms with Gasteiger partial charge in [-0.3, -0.25) is 0 Å². The molecular weight excluding hydrogens is 206 g/mol. The average molecular weight is 229 g/mol. The fourth-order valence-electron chi connectivity index (χ4n) is 1.94. The summed E-state index contributed by atoms with van der Waals surface area (Å²) >= 11 is 0. The Kier molecular flexibility index (Phi) is 5.22. The summed E-state index contributed by atoms with van der Waals surface area (Å²) in [6.45, 7) is 6.31. The second-order valence-corrected chi connectivity index (χ2v) is 5.11. The van der Waals surface area contributed by atoms with Crippen LogP contribution in [0, 0.1) is 5.92 Å². The van der Waals surface area contributed by atoms with Crippen LogP contribution in [0.2, 0.25) is 0 Å². The number of nitrogens with zero attached hydrogens (tertiary/aromatic N) is 1. The van der Waals surface area contributed by atoms with E-state index in [1.807, 2.05) is 0 Å². The molecule has 0 aliphatic carbocycles. The number of likely N-dealkylation sites (N-methyl/N-ethyl adjacent to an activating group) is 1. The molecule has 0 spiro atoms. The van der Waals surface area contributed by atoms with Crippen molar-refractivity contribution >= 4 is 5.97 Å². The van der Waals surface area contributed by atoms with Gasteiger partial charge in [0.25, 0.3) is 0 Å². The van der Waals surface area contributed by atoms with Crippen molar-refractivity contribution in [2.45, 2.75) is 45.3 Å². The van der Waals surface area contributed by atoms with Gasteiger partial charge in [-0.25, -0.2) is 4.79 Å². The van der Waals surface area contributed by atoms with Crippen LogP contribution in [0.15, 0.2) is 0 Å². The first-order chi connectivity index (χ1) is 7.49. The summed E-state index contributed by atoms with van der Waals surface area (Å²) in [7, 11) is 2.07. The van der Waals surface area contributed by atoms with Crippen LogP contribution in [0.3, 0.4) is 0 Å². The Bertz CT molecular complexity index is 230. The van der Waals surface area contributed by atoms with E-state index in [0.717, 1.165) is 19.5 Å². The maximum atomic E-state index is 10.7. The number of carboxylic acid groups (broad SMARTS) is 1. The van der Waals surface area contributed by atoms with Gasteiger partial charge < -0.3 is 14.7 Å². The molecule has 0 aromatic rings. The van der Waals surface area contributed by atoms with Crippen LogP contribution in [0.4, 0.5) is 0 Å². The number of hydrogen-bond donors (Lipinski definition) is 1. The highest BCUT2D eigenvalue weighted by Gasteiger charge is 2.30. The fraction of sp³-hybridized carbons (Fsp3) is 0.917. The normalized spacial score (nSPS) is 25.6. The Labute approximate surface area is 97.6 Å². The fourth-order valence-corrected chi connectivity index (χ4v) is 1.94. The van der Waals surface area contributed by atoms with Gasteiger partial charge in [0.15, 0.2) is 6.10 Å². The third-order valence-electron chi connectivity index (χ3n) is 2.99. The molecule has 0 saturated carbocycles. The van der Waals surface area contributed by atoms with Gasteiger partial charge in [-0.05, 0) is 38.8 Å². The van der Waals surface area contributed by atoms with Crippen molar-refractivity contribution in [2.75, 3.05) is 20.1 Å². The Hall–Kier alpha value is -0.610. The van der Waals surface area contributed by atoms with E-state index in [0.29, 0.717) is 12.3 Å². The van der Waals surface area contributed by atoms with Crippen molar-refractivity contribution in [3.8, 4) is 0 Å². The van der Waals surface area contributed by atoms with E-state index >= 15 is 0 Å². The maximum absolute atomic E-state index is 10.7. The van der Waals surface area contributed by atoms with Crippen molar-refractivity contribution in [1.82, 2.24) is 4.90 Å². The SMILES string of the molecule is CC(C)CCN(C)CC1CCC(C(=O)O)O1. The molecule has 1 fully saturated rings. The second kappa shape index (κ2) is 6.21. The minimum atomic E-state index is -0.827. The molecule has 0 amide bonds. The molecule has 0 radical (unpaired) electrons. The highest BCUT2D eigenvalue weighted by molar-refractivity contribution is 5.72. The number of hydrogen-bond acceptors (Lipinski definition) is 3. The maximum Gasteiger partial charge on any atom is 0.332 e. The Morgan fingerprint density at radius 2 is 2.19 bits per heavy atom. The van der Waals surface area contributed by atoms with Gasteiger partial charge in [-0.2, -0.15) is 0 Å². The molecule has 4 heteroatoms. The Morgan fingerprint density at radius 1 is 1.50 bits per heavy atom. The number of ether oxygens (including phenoxy) is 1. The van der Waals surface area contributed by atoms with E-state index in [4.69, 9.17) is 9.84 Å². The van der Waals surface area contributed by atoms with Crippen LogP contribution in [0.5, 0.6) is 0 Å². The molecule has 1 N–H and O–H groups in total. The number of carbonyl (C=O) groups is 1. The first-order valence-corrected chi connectivity index (χ1v) is 6.06. The van der Waals surface area contributed by atoms with E-state index in [9.17, 15) is 4.79 Å². The van der Waals surface area contributed by atoms with Crippen molar-refractivity contribution in [3.63, 3.8) is 0 Å². The van der Waals surface area contributed by atoms with Crippen LogP contribution in [-0.2, 0) is 9.53 Å². The monoisotopic (exact) mass is 229 g/mol. The summed E-state index contributed by atoms with van der Waals surface area (Å²) in [6.07, 6.45) is 2.20. The lowest BCUT2D eigenvalue weighted by Gasteiger charge is -2.21. The van der Waals surface area contributed by atoms with Crippen molar-refractivity contribution in [1.29, 1.82) is 0 Å². The summed E-state index contributed by atoms with van der Waals surface area (Å²) in [5, 5.41) is 8.80. The van der Waals surface area contributed by atoms with Crippen molar-refractivity contribution in [3.05, 3.63) is 0 Å². The van der Waals surface area contributed by atoms with Gasteiger partial charge in [-0.15, -0.1) is 0 Å². The number of carboxylic acids is 1. The molecule has 1 aliphatic rings. The molecule has 1 aliphatic heterocycles. The summed E-state index contributed by atoms with van der Waals surface area (Å²) < 4.78 is 5.46. The second-order valence-electron chi connectivity index (χ2n) is 5.11. The minimum absolute atomic E-state index is 0.0956. The van der Waals surface area contributed by atoms with Crippen LogP contribution in [0.1, 0.15) is 33.1 Å². The minimum Gasteiger partial charge on any atom is -0.479 e. The zero-order chi connectivity index (χ0) is 12.1. The smallest absolute Gasteiger partial charge is 0.332 e. The van der Waals surface area contributed by atoms with Crippen molar-refractivity contribution in [2.24, 2.45) is 5.92 Å². The highest BCUT2D eigenvalue weighted by atomic mass is 16.5. The predicted octanol–water partition coefficient (Wildman–Crippen LogP) is 1.60. The molecule has 4 nitrogen and oxygen atoms in total. The van der Waals surface area contributed by atoms with E-state index in [1.54, 1.807) is 0 Å². The zero-order valence-corrected chi connectivity index (χ0v) is 10.5. The van der Waals surface area contributed by atoms with Crippen LogP contribution in [-0.4, -0.2) is 48.3 Å². The van der Waals surface area contributed by atoms with Crippen molar-refractivity contribution < 1.29 is 14.6 Å². The average Bonchev–Trinajstić information content (AvgIpc) is 2.63. The van der Waals surface area contributed by atoms with Crippen LogP contribution in [0.25, 0.3) is 0 Å². The molecule has 94 valence electrons. The van der Waals surface area contributed by atoms with Crippen LogP contribution < -0.4 is 0 Å². The molecule has 0 aromatic heterocycles. The molecule has 2 unspecified atom stereocenters. The summed E-state index contributed by atoms with van der Waals surface area (Å²) in [5.41, 5.74) is 0. The van der Waals surface area contributed by atoms with E-state index in [1.165, 1.54) is 6.42 Å². The summed E-state index contributed by atoms with van der Waals surface area (Å²) in [4.78, 5) is 12.9. The molecule has 1 saturated heterocycles. The topological polar surface area (TPSA) is 49.8 Å². The molecule has 0 bridgehead atoms. The molecule has 0 aromatic carbocycles. The molecular formula is C12H23NO3. The molecule has 1 rings (SSSR count). The first-order valence-electron chi connectivity index (χ1n) is 6.06. The lowest BCUT2D eigenvalue weighted by molar-refractivity contribution is -0.149. The quantitative estimate of drug-likeness (QED) is 0.751. The standard InChI is InChI=1S/C12H23NO3/c1-9(2)6-7-13(3)8-10-4-5-11(16-10)12(14)15/h9-11H,4-8H2,1-3H3,(H,14,15). The largest absolute Gasteiger partial charge is 0.479 e. The van der Waals surface area contributed by atoms with Gasteiger partial charge in [0.1, 0.15) is 0 Å². The van der Waals surface area contributed by atoms with Crippen LogP contribution >= 0.6 is 0 Å². The number of rotatable bonds is 6. The van der Waals surface area contributed by atoms with Gasteiger partial charge in [-0.1, -0.05) is 13.8 Å². The van der Waals surface area contributed by atoms with Gasteiger partial charge in [0, 0.05) is 6.54 Å².